The number of ether oxygens (including phenoxy) is 2. The van der Waals surface area contributed by atoms with E-state index in [1.54, 1.807) is 32.9 Å². The van der Waals surface area contributed by atoms with Crippen LogP contribution < -0.4 is 15.7 Å². The first-order valence-corrected chi connectivity index (χ1v) is 12.4. The van der Waals surface area contributed by atoms with Gasteiger partial charge in [-0.15, -0.1) is 0 Å². The summed E-state index contributed by atoms with van der Waals surface area (Å²) in [4.78, 5) is 38.4. The molecule has 4 rings (SSSR count). The van der Waals surface area contributed by atoms with Gasteiger partial charge in [0, 0.05) is 29.9 Å². The van der Waals surface area contributed by atoms with Crippen LogP contribution in [0.3, 0.4) is 0 Å². The van der Waals surface area contributed by atoms with Crippen LogP contribution in [0.15, 0.2) is 88.1 Å². The molecule has 0 saturated carbocycles. The average molecular weight is 514 g/mol. The van der Waals surface area contributed by atoms with Gasteiger partial charge in [0.15, 0.2) is 0 Å². The van der Waals surface area contributed by atoms with E-state index in [0.29, 0.717) is 17.6 Å². The molecule has 1 unspecified atom stereocenters. The molecule has 38 heavy (non-hydrogen) atoms. The van der Waals surface area contributed by atoms with E-state index in [4.69, 9.17) is 13.9 Å². The van der Waals surface area contributed by atoms with Crippen molar-refractivity contribution < 1.29 is 23.5 Å². The monoisotopic (exact) mass is 513 g/mol. The average Bonchev–Trinajstić information content (AvgIpc) is 2.86. The number of benzene rings is 3. The Kier molecular flexibility index (Phi) is 7.96. The third-order valence-corrected chi connectivity index (χ3v) is 5.96. The maximum atomic E-state index is 13.2. The number of rotatable bonds is 7. The summed E-state index contributed by atoms with van der Waals surface area (Å²) in [6, 6.07) is 22.9. The molecule has 1 amide bonds. The summed E-state index contributed by atoms with van der Waals surface area (Å²) in [6.07, 6.45) is -0.0515. The second kappa shape index (κ2) is 11.3. The van der Waals surface area contributed by atoms with E-state index in [9.17, 15) is 14.4 Å². The number of hydrogen-bond acceptors (Lipinski definition) is 6. The summed E-state index contributed by atoms with van der Waals surface area (Å²) in [6.45, 7) is 7.11. The Morgan fingerprint density at radius 3 is 2.18 bits per heavy atom. The van der Waals surface area contributed by atoms with Crippen molar-refractivity contribution in [3.8, 4) is 5.75 Å². The van der Waals surface area contributed by atoms with Crippen molar-refractivity contribution in [3.05, 3.63) is 112 Å². The number of esters is 1. The second-order valence-corrected chi connectivity index (χ2v) is 10.1. The first-order valence-electron chi connectivity index (χ1n) is 12.4. The first-order chi connectivity index (χ1) is 18.1. The lowest BCUT2D eigenvalue weighted by Gasteiger charge is -2.23. The summed E-state index contributed by atoms with van der Waals surface area (Å²) < 4.78 is 16.6. The number of nitrogens with one attached hydrogen (secondary N) is 1. The van der Waals surface area contributed by atoms with Crippen LogP contribution in [0.4, 0.5) is 4.79 Å². The van der Waals surface area contributed by atoms with Gasteiger partial charge in [-0.1, -0.05) is 60.7 Å². The maximum absolute atomic E-state index is 13.2. The van der Waals surface area contributed by atoms with Crippen molar-refractivity contribution >= 4 is 23.0 Å². The zero-order chi connectivity index (χ0) is 27.3. The largest absolute Gasteiger partial charge is 0.444 e. The fraction of sp³-hybridized carbons (Fsp3) is 0.258. The topological polar surface area (TPSA) is 94.8 Å². The fourth-order valence-corrected chi connectivity index (χ4v) is 4.12. The molecule has 0 saturated heterocycles. The molecule has 7 heteroatoms. The van der Waals surface area contributed by atoms with Crippen LogP contribution in [-0.2, 0) is 22.4 Å². The zero-order valence-electron chi connectivity index (χ0n) is 21.9. The summed E-state index contributed by atoms with van der Waals surface area (Å²) >= 11 is 0. The van der Waals surface area contributed by atoms with Crippen LogP contribution in [0.1, 0.15) is 43.0 Å². The molecule has 7 nitrogen and oxygen atoms in total. The fourth-order valence-electron chi connectivity index (χ4n) is 4.12. The van der Waals surface area contributed by atoms with E-state index in [1.165, 1.54) is 6.07 Å². The highest BCUT2D eigenvalue weighted by atomic mass is 16.6. The molecule has 1 N–H and O–H groups in total. The predicted molar refractivity (Wildman–Crippen MR) is 145 cm³/mol. The minimum absolute atomic E-state index is 0.199. The third kappa shape index (κ3) is 6.88. The van der Waals surface area contributed by atoms with Gasteiger partial charge in [-0.05, 0) is 56.5 Å². The van der Waals surface area contributed by atoms with Crippen LogP contribution in [0.5, 0.6) is 5.75 Å². The van der Waals surface area contributed by atoms with Gasteiger partial charge in [-0.2, -0.15) is 0 Å². The molecule has 0 aliphatic rings. The van der Waals surface area contributed by atoms with E-state index >= 15 is 0 Å². The molecule has 196 valence electrons. The number of hydrogen-bond donors (Lipinski definition) is 1. The smallest absolute Gasteiger partial charge is 0.408 e. The van der Waals surface area contributed by atoms with Gasteiger partial charge < -0.3 is 19.2 Å². The van der Waals surface area contributed by atoms with Gasteiger partial charge in [0.05, 0.1) is 0 Å². The molecular formula is C31H31NO6. The number of amides is 1. The summed E-state index contributed by atoms with van der Waals surface area (Å²) in [7, 11) is 0. The van der Waals surface area contributed by atoms with Crippen LogP contribution in [0.25, 0.3) is 11.0 Å². The highest BCUT2D eigenvalue weighted by Gasteiger charge is 2.26. The Morgan fingerprint density at radius 1 is 0.921 bits per heavy atom. The third-order valence-electron chi connectivity index (χ3n) is 5.96. The van der Waals surface area contributed by atoms with E-state index < -0.39 is 29.3 Å². The molecule has 3 aromatic carbocycles. The number of fused-ring (bicyclic) bond motifs is 1. The minimum atomic E-state index is -0.995. The lowest BCUT2D eigenvalue weighted by molar-refractivity contribution is -0.136. The minimum Gasteiger partial charge on any atom is -0.444 e. The van der Waals surface area contributed by atoms with Crippen LogP contribution in [0, 0.1) is 6.92 Å². The van der Waals surface area contributed by atoms with Crippen molar-refractivity contribution in [3.63, 3.8) is 0 Å². The van der Waals surface area contributed by atoms with E-state index in [0.717, 1.165) is 22.1 Å². The first kappa shape index (κ1) is 26.7. The van der Waals surface area contributed by atoms with Crippen LogP contribution in [-0.4, -0.2) is 23.7 Å². The van der Waals surface area contributed by atoms with Gasteiger partial charge in [0.25, 0.3) is 0 Å². The van der Waals surface area contributed by atoms with Crippen molar-refractivity contribution in [1.82, 2.24) is 5.32 Å². The van der Waals surface area contributed by atoms with Gasteiger partial charge in [0.1, 0.15) is 23.0 Å². The Hall–Kier alpha value is -4.39. The number of carbonyl (C=O) groups is 2. The molecule has 0 spiro atoms. The van der Waals surface area contributed by atoms with Crippen molar-refractivity contribution in [2.24, 2.45) is 0 Å². The number of carbonyl (C=O) groups excluding carboxylic acids is 2. The van der Waals surface area contributed by atoms with Crippen LogP contribution in [0.2, 0.25) is 0 Å². The maximum Gasteiger partial charge on any atom is 0.408 e. The van der Waals surface area contributed by atoms with Crippen molar-refractivity contribution in [1.29, 1.82) is 0 Å². The molecule has 0 aliphatic carbocycles. The highest BCUT2D eigenvalue weighted by Crippen LogP contribution is 2.26. The van der Waals surface area contributed by atoms with Gasteiger partial charge in [0.2, 0.25) is 0 Å². The Morgan fingerprint density at radius 2 is 1.55 bits per heavy atom. The lowest BCUT2D eigenvalue weighted by Crippen LogP contribution is -2.46. The standard InChI is InChI=1S/C31H31NO6/c1-20-24-16-15-23(19-27(24)37-28(33)25(20)17-21-11-7-5-8-12-21)36-29(34)26(18-22-13-9-6-10-14-22)32-30(35)38-31(2,3)4/h5-16,19,26H,17-18H2,1-4H3,(H,32,35). The Bertz CT molecular complexity index is 1490. The van der Waals surface area contributed by atoms with Gasteiger partial charge in [-0.25, -0.2) is 14.4 Å². The molecule has 0 bridgehead atoms. The van der Waals surface area contributed by atoms with Crippen molar-refractivity contribution in [2.75, 3.05) is 0 Å². The van der Waals surface area contributed by atoms with E-state index in [1.807, 2.05) is 67.6 Å². The number of aryl methyl sites for hydroxylation is 1. The molecule has 1 aromatic heterocycles. The molecule has 0 fully saturated rings. The molecule has 4 aromatic rings. The second-order valence-electron chi connectivity index (χ2n) is 10.1. The quantitative estimate of drug-likeness (QED) is 0.193. The summed E-state index contributed by atoms with van der Waals surface area (Å²) in [5.74, 6) is -0.469. The highest BCUT2D eigenvalue weighted by molar-refractivity contribution is 5.86. The Balaban J connectivity index is 1.57. The number of alkyl carbamates (subject to hydrolysis) is 1. The molecule has 0 aliphatic heterocycles. The molecule has 1 heterocycles. The normalized spacial score (nSPS) is 12.1. The van der Waals surface area contributed by atoms with Crippen LogP contribution >= 0.6 is 0 Å². The van der Waals surface area contributed by atoms with E-state index in [-0.39, 0.29) is 12.2 Å². The van der Waals surface area contributed by atoms with Crippen molar-refractivity contribution in [2.45, 2.75) is 52.2 Å². The summed E-state index contributed by atoms with van der Waals surface area (Å²) in [5, 5.41) is 3.37. The summed E-state index contributed by atoms with van der Waals surface area (Å²) in [5.41, 5.74) is 2.40. The molecule has 1 atom stereocenters. The zero-order valence-corrected chi connectivity index (χ0v) is 21.9. The SMILES string of the molecule is Cc1c(Cc2ccccc2)c(=O)oc2cc(OC(=O)C(Cc3ccccc3)NC(=O)OC(C)(C)C)ccc12. The Labute approximate surface area is 221 Å². The van der Waals surface area contributed by atoms with E-state index in [2.05, 4.69) is 5.32 Å². The van der Waals surface area contributed by atoms with Gasteiger partial charge in [-0.3, -0.25) is 0 Å². The molecular weight excluding hydrogens is 482 g/mol. The predicted octanol–water partition coefficient (Wildman–Crippen LogP) is 5.73. The van der Waals surface area contributed by atoms with Gasteiger partial charge >= 0.3 is 17.7 Å². The molecule has 0 radical (unpaired) electrons. The lowest BCUT2D eigenvalue weighted by atomic mass is 10.00.